The first kappa shape index (κ1) is 19.4. The SMILES string of the molecule is CN1C(N)=NC2(c3cc(NC(=O)c4ccc(F)cn4)ccc3F)CCOC2S1=O. The Morgan fingerprint density at radius 1 is 1.38 bits per heavy atom. The van der Waals surface area contributed by atoms with Gasteiger partial charge in [0.15, 0.2) is 16.4 Å². The summed E-state index contributed by atoms with van der Waals surface area (Å²) in [5.74, 6) is -1.73. The van der Waals surface area contributed by atoms with Crippen LogP contribution in [0.4, 0.5) is 14.5 Å². The van der Waals surface area contributed by atoms with Crippen molar-refractivity contribution in [2.24, 2.45) is 10.7 Å². The van der Waals surface area contributed by atoms with Crippen LogP contribution in [0.2, 0.25) is 0 Å². The third kappa shape index (κ3) is 3.25. The predicted molar refractivity (Wildman–Crippen MR) is 102 cm³/mol. The molecule has 0 radical (unpaired) electrons. The fourth-order valence-corrected chi connectivity index (χ4v) is 4.74. The number of guanidine groups is 1. The molecule has 2 aromatic rings. The van der Waals surface area contributed by atoms with E-state index in [0.29, 0.717) is 0 Å². The Kier molecular flexibility index (Phi) is 4.79. The van der Waals surface area contributed by atoms with Gasteiger partial charge >= 0.3 is 0 Å². The lowest BCUT2D eigenvalue weighted by Crippen LogP contribution is -2.52. The van der Waals surface area contributed by atoms with Gasteiger partial charge in [-0.05, 0) is 30.3 Å². The molecule has 3 unspecified atom stereocenters. The van der Waals surface area contributed by atoms with Gasteiger partial charge in [0, 0.05) is 24.7 Å². The first-order chi connectivity index (χ1) is 13.8. The van der Waals surface area contributed by atoms with Crippen molar-refractivity contribution in [3.8, 4) is 0 Å². The summed E-state index contributed by atoms with van der Waals surface area (Å²) in [6, 6.07) is 6.32. The van der Waals surface area contributed by atoms with Crippen LogP contribution in [0.25, 0.3) is 0 Å². The molecule has 1 fully saturated rings. The summed E-state index contributed by atoms with van der Waals surface area (Å²) in [5.41, 5.74) is 4.13. The number of aromatic nitrogens is 1. The second-order valence-electron chi connectivity index (χ2n) is 6.63. The molecule has 2 aliphatic heterocycles. The maximum Gasteiger partial charge on any atom is 0.274 e. The van der Waals surface area contributed by atoms with Gasteiger partial charge in [0.2, 0.25) is 5.96 Å². The zero-order valence-electron chi connectivity index (χ0n) is 15.3. The molecule has 8 nitrogen and oxygen atoms in total. The molecule has 11 heteroatoms. The lowest BCUT2D eigenvalue weighted by molar-refractivity contribution is 0.102. The molecule has 29 heavy (non-hydrogen) atoms. The fourth-order valence-electron chi connectivity index (χ4n) is 3.38. The van der Waals surface area contributed by atoms with Gasteiger partial charge in [-0.2, -0.15) is 0 Å². The van der Waals surface area contributed by atoms with Gasteiger partial charge in [0.1, 0.15) is 22.9 Å². The van der Waals surface area contributed by atoms with Crippen LogP contribution in [0, 0.1) is 11.6 Å². The first-order valence-electron chi connectivity index (χ1n) is 8.66. The topological polar surface area (TPSA) is 110 Å². The Hall–Kier alpha value is -2.92. The minimum absolute atomic E-state index is 0.000162. The maximum atomic E-state index is 14.8. The van der Waals surface area contributed by atoms with Crippen LogP contribution in [0.1, 0.15) is 22.5 Å². The number of hydrogen-bond donors (Lipinski definition) is 2. The van der Waals surface area contributed by atoms with Crippen molar-refractivity contribution in [1.29, 1.82) is 0 Å². The number of nitrogens with zero attached hydrogens (tertiary/aromatic N) is 3. The standard InChI is InChI=1S/C18H17F2N5O3S/c1-25-17(21)24-18(6-7-28-16(18)29(25)27)12-8-11(3-4-13(12)20)23-15(26)14-5-2-10(19)9-22-14/h2-5,8-9,16H,6-7H2,1H3,(H2,21,24)(H,23,26). The average Bonchev–Trinajstić information content (AvgIpc) is 3.13. The Morgan fingerprint density at radius 3 is 2.90 bits per heavy atom. The number of benzene rings is 1. The number of ether oxygens (including phenoxy) is 1. The summed E-state index contributed by atoms with van der Waals surface area (Å²) in [7, 11) is -0.145. The normalized spacial score (nSPS) is 26.0. The summed E-state index contributed by atoms with van der Waals surface area (Å²) >= 11 is 0. The van der Waals surface area contributed by atoms with Gasteiger partial charge in [-0.15, -0.1) is 0 Å². The number of amides is 1. The number of aliphatic imine (C=N–C) groups is 1. The van der Waals surface area contributed by atoms with E-state index >= 15 is 0 Å². The van der Waals surface area contributed by atoms with Gasteiger partial charge in [-0.25, -0.2) is 23.0 Å². The molecule has 0 aliphatic carbocycles. The number of carbonyl (C=O) groups is 1. The number of anilines is 1. The van der Waals surface area contributed by atoms with Crippen molar-refractivity contribution >= 4 is 28.5 Å². The van der Waals surface area contributed by atoms with Gasteiger partial charge in [-0.3, -0.25) is 9.10 Å². The Balaban J connectivity index is 1.71. The van der Waals surface area contributed by atoms with Crippen LogP contribution < -0.4 is 11.1 Å². The molecule has 0 saturated carbocycles. The van der Waals surface area contributed by atoms with E-state index in [0.717, 1.165) is 12.3 Å². The molecule has 3 atom stereocenters. The Morgan fingerprint density at radius 2 is 2.17 bits per heavy atom. The zero-order valence-corrected chi connectivity index (χ0v) is 16.1. The molecule has 2 aliphatic rings. The highest BCUT2D eigenvalue weighted by Gasteiger charge is 2.54. The Labute approximate surface area is 167 Å². The van der Waals surface area contributed by atoms with E-state index < -0.39 is 39.5 Å². The van der Waals surface area contributed by atoms with Crippen molar-refractivity contribution in [1.82, 2.24) is 9.29 Å². The van der Waals surface area contributed by atoms with Crippen LogP contribution in [-0.4, -0.2) is 44.5 Å². The molecular formula is C18H17F2N5O3S. The molecule has 1 amide bonds. The zero-order chi connectivity index (χ0) is 20.8. The van der Waals surface area contributed by atoms with Crippen molar-refractivity contribution in [3.05, 3.63) is 59.4 Å². The summed E-state index contributed by atoms with van der Waals surface area (Å²) in [6.45, 7) is 0.233. The largest absolute Gasteiger partial charge is 0.369 e. The molecule has 1 saturated heterocycles. The highest BCUT2D eigenvalue weighted by atomic mass is 32.2. The van der Waals surface area contributed by atoms with Crippen molar-refractivity contribution in [2.75, 3.05) is 19.0 Å². The molecule has 3 N–H and O–H groups in total. The summed E-state index contributed by atoms with van der Waals surface area (Å²) in [6.07, 6.45) is 1.21. The first-order valence-corrected chi connectivity index (χ1v) is 9.83. The van der Waals surface area contributed by atoms with Gasteiger partial charge < -0.3 is 15.8 Å². The van der Waals surface area contributed by atoms with Crippen LogP contribution in [-0.2, 0) is 21.3 Å². The van der Waals surface area contributed by atoms with E-state index in [-0.39, 0.29) is 35.9 Å². The van der Waals surface area contributed by atoms with Crippen molar-refractivity contribution < 1.29 is 22.5 Å². The minimum Gasteiger partial charge on any atom is -0.369 e. The van der Waals surface area contributed by atoms with E-state index in [2.05, 4.69) is 15.3 Å². The molecule has 3 heterocycles. The molecule has 0 bridgehead atoms. The van der Waals surface area contributed by atoms with Crippen LogP contribution in [0.5, 0.6) is 0 Å². The third-order valence-electron chi connectivity index (χ3n) is 4.88. The maximum absolute atomic E-state index is 14.8. The fraction of sp³-hybridized carbons (Fsp3) is 0.278. The predicted octanol–water partition coefficient (Wildman–Crippen LogP) is 1.48. The van der Waals surface area contributed by atoms with E-state index in [1.54, 1.807) is 0 Å². The summed E-state index contributed by atoms with van der Waals surface area (Å²) in [5, 5.41) is 2.59. The van der Waals surface area contributed by atoms with Crippen LogP contribution in [0.15, 0.2) is 41.5 Å². The van der Waals surface area contributed by atoms with Crippen LogP contribution >= 0.6 is 0 Å². The van der Waals surface area contributed by atoms with Crippen molar-refractivity contribution in [2.45, 2.75) is 17.4 Å². The van der Waals surface area contributed by atoms with E-state index in [4.69, 9.17) is 10.5 Å². The number of halogens is 2. The number of hydrogen-bond acceptors (Lipinski definition) is 6. The monoisotopic (exact) mass is 421 g/mol. The number of rotatable bonds is 3. The van der Waals surface area contributed by atoms with Gasteiger partial charge in [0.05, 0.1) is 12.8 Å². The smallest absolute Gasteiger partial charge is 0.274 e. The number of fused-ring (bicyclic) bond motifs is 1. The van der Waals surface area contributed by atoms with E-state index in [1.165, 1.54) is 35.6 Å². The highest BCUT2D eigenvalue weighted by Crippen LogP contribution is 2.45. The molecule has 1 aromatic carbocycles. The lowest BCUT2D eigenvalue weighted by atomic mass is 9.88. The highest BCUT2D eigenvalue weighted by molar-refractivity contribution is 7.83. The van der Waals surface area contributed by atoms with E-state index in [9.17, 15) is 17.8 Å². The quantitative estimate of drug-likeness (QED) is 0.780. The summed E-state index contributed by atoms with van der Waals surface area (Å²) in [4.78, 5) is 20.5. The summed E-state index contributed by atoms with van der Waals surface area (Å²) < 4.78 is 47.4. The van der Waals surface area contributed by atoms with E-state index in [1.807, 2.05) is 0 Å². The molecule has 1 aromatic heterocycles. The van der Waals surface area contributed by atoms with Crippen LogP contribution in [0.3, 0.4) is 0 Å². The number of pyridine rings is 1. The molecule has 4 rings (SSSR count). The number of nitrogens with one attached hydrogen (secondary N) is 1. The lowest BCUT2D eigenvalue weighted by Gasteiger charge is -2.37. The minimum atomic E-state index is -1.66. The van der Waals surface area contributed by atoms with Gasteiger partial charge in [-0.1, -0.05) is 0 Å². The molecule has 152 valence electrons. The second kappa shape index (κ2) is 7.16. The Bertz CT molecular complexity index is 1030. The average molecular weight is 421 g/mol. The third-order valence-corrected chi connectivity index (χ3v) is 6.50. The second-order valence-corrected chi connectivity index (χ2v) is 8.16. The molecule has 0 spiro atoms. The number of carbonyl (C=O) groups excluding carboxylic acids is 1. The number of nitrogens with two attached hydrogens (primary N) is 1. The molecular weight excluding hydrogens is 404 g/mol. The van der Waals surface area contributed by atoms with Crippen molar-refractivity contribution in [3.63, 3.8) is 0 Å². The van der Waals surface area contributed by atoms with Gasteiger partial charge in [0.25, 0.3) is 5.91 Å².